The highest BCUT2D eigenvalue weighted by atomic mass is 32.1. The Morgan fingerprint density at radius 1 is 0.810 bits per heavy atom. The molecule has 2 aliphatic heterocycles. The van der Waals surface area contributed by atoms with E-state index in [2.05, 4.69) is 17.4 Å². The maximum atomic E-state index is 13.8. The van der Waals surface area contributed by atoms with Gasteiger partial charge in [-0.1, -0.05) is 68.9 Å². The normalized spacial score (nSPS) is 22.4. The first-order valence-electron chi connectivity index (χ1n) is 15.1. The van der Waals surface area contributed by atoms with Crippen LogP contribution in [0.4, 0.5) is 11.4 Å². The van der Waals surface area contributed by atoms with Crippen LogP contribution in [0.15, 0.2) is 54.6 Å². The van der Waals surface area contributed by atoms with Gasteiger partial charge in [-0.15, -0.1) is 0 Å². The lowest BCUT2D eigenvalue weighted by atomic mass is 9.80. The van der Waals surface area contributed by atoms with Gasteiger partial charge < -0.3 is 25.0 Å². The van der Waals surface area contributed by atoms with Gasteiger partial charge in [-0.05, 0) is 92.8 Å². The van der Waals surface area contributed by atoms with Crippen LogP contribution in [0.5, 0.6) is 0 Å². The lowest BCUT2D eigenvalue weighted by molar-refractivity contribution is -0.181. The number of aliphatic hydroxyl groups excluding tert-OH is 1. The molecule has 2 aromatic rings. The molecular weight excluding hydrogens is 569 g/mol. The van der Waals surface area contributed by atoms with Crippen molar-refractivity contribution in [2.75, 3.05) is 16.4 Å². The summed E-state index contributed by atoms with van der Waals surface area (Å²) in [5, 5.41) is 14.7. The third kappa shape index (κ3) is 5.02. The number of nitrogens with one attached hydrogen (secondary N) is 1. The molecule has 0 aromatic heterocycles. The van der Waals surface area contributed by atoms with E-state index in [0.29, 0.717) is 29.5 Å². The number of amides is 2. The smallest absolute Gasteiger partial charge is 0.259 e. The highest BCUT2D eigenvalue weighted by Crippen LogP contribution is 2.44. The van der Waals surface area contributed by atoms with Crippen molar-refractivity contribution in [3.8, 4) is 0 Å². The Kier molecular flexibility index (Phi) is 8.33. The van der Waals surface area contributed by atoms with E-state index in [1.165, 1.54) is 4.90 Å². The standard InChI is InChI=1S/C32H38N4O4S2/c37-26-31(18-6-2-7-19-31)35(28(41)33-26)25-16-14-23(15-17-25)11-10-22-40-30(39)34-27(38)32(20-8-3-9-21-32)36(29(34)42)24-12-4-1-5-13-24/h1,4-5,12-17,30,39H,2-3,6-11,18-22H2,(H,33,37,41). The zero-order valence-corrected chi connectivity index (χ0v) is 25.4. The van der Waals surface area contributed by atoms with Crippen LogP contribution in [-0.2, 0) is 20.7 Å². The fraction of sp³-hybridized carbons (Fsp3) is 0.500. The zero-order chi connectivity index (χ0) is 29.3. The molecule has 222 valence electrons. The molecule has 2 N–H and O–H groups in total. The summed E-state index contributed by atoms with van der Waals surface area (Å²) < 4.78 is 5.79. The predicted octanol–water partition coefficient (Wildman–Crippen LogP) is 5.17. The lowest BCUT2D eigenvalue weighted by Crippen LogP contribution is -2.51. The van der Waals surface area contributed by atoms with E-state index in [-0.39, 0.29) is 18.4 Å². The number of aliphatic hydroxyl groups is 1. The number of para-hydroxylation sites is 1. The molecule has 2 aliphatic carbocycles. The van der Waals surface area contributed by atoms with Gasteiger partial charge in [0.1, 0.15) is 11.1 Å². The molecule has 1 unspecified atom stereocenters. The molecule has 2 saturated heterocycles. The third-order valence-electron chi connectivity index (χ3n) is 9.38. The second kappa shape index (κ2) is 12.0. The quantitative estimate of drug-likeness (QED) is 0.242. The second-order valence-corrected chi connectivity index (χ2v) is 12.6. The number of carbonyl (C=O) groups excluding carboxylic acids is 2. The molecule has 1 atom stereocenters. The van der Waals surface area contributed by atoms with Crippen LogP contribution in [0.1, 0.15) is 76.2 Å². The van der Waals surface area contributed by atoms with Crippen molar-refractivity contribution in [2.45, 2.75) is 94.5 Å². The van der Waals surface area contributed by atoms with Crippen molar-refractivity contribution in [1.82, 2.24) is 10.2 Å². The van der Waals surface area contributed by atoms with Gasteiger partial charge in [-0.3, -0.25) is 9.59 Å². The summed E-state index contributed by atoms with van der Waals surface area (Å²) in [6.07, 6.45) is 9.15. The summed E-state index contributed by atoms with van der Waals surface area (Å²) in [6.45, 7) is 0.269. The number of aryl methyl sites for hydroxylation is 1. The predicted molar refractivity (Wildman–Crippen MR) is 170 cm³/mol. The molecule has 2 heterocycles. The Morgan fingerprint density at radius 2 is 1.40 bits per heavy atom. The fourth-order valence-electron chi connectivity index (χ4n) is 7.27. The first-order valence-corrected chi connectivity index (χ1v) is 16.0. The molecule has 6 rings (SSSR count). The summed E-state index contributed by atoms with van der Waals surface area (Å²) in [5.74, 6) is -0.160. The third-order valence-corrected chi connectivity index (χ3v) is 10.0. The van der Waals surface area contributed by atoms with E-state index >= 15 is 0 Å². The molecule has 8 nitrogen and oxygen atoms in total. The van der Waals surface area contributed by atoms with Crippen molar-refractivity contribution < 1.29 is 19.4 Å². The molecular formula is C32H38N4O4S2. The van der Waals surface area contributed by atoms with E-state index in [1.807, 2.05) is 52.3 Å². The van der Waals surface area contributed by atoms with Gasteiger partial charge >= 0.3 is 0 Å². The highest BCUT2D eigenvalue weighted by molar-refractivity contribution is 7.80. The van der Waals surface area contributed by atoms with Crippen molar-refractivity contribution in [3.05, 3.63) is 60.2 Å². The molecule has 2 spiro atoms. The number of ether oxygens (including phenoxy) is 1. The minimum absolute atomic E-state index is 0.0178. The van der Waals surface area contributed by atoms with E-state index in [9.17, 15) is 14.7 Å². The summed E-state index contributed by atoms with van der Waals surface area (Å²) in [6, 6.07) is 17.9. The number of benzene rings is 2. The Morgan fingerprint density at radius 3 is 2.05 bits per heavy atom. The van der Waals surface area contributed by atoms with Gasteiger partial charge in [0.25, 0.3) is 11.8 Å². The highest BCUT2D eigenvalue weighted by Gasteiger charge is 2.57. The minimum atomic E-state index is -1.44. The van der Waals surface area contributed by atoms with E-state index in [4.69, 9.17) is 29.2 Å². The average Bonchev–Trinajstić information content (AvgIpc) is 3.36. The van der Waals surface area contributed by atoms with Crippen molar-refractivity contribution in [3.63, 3.8) is 0 Å². The van der Waals surface area contributed by atoms with Crippen LogP contribution in [0.3, 0.4) is 0 Å². The SMILES string of the molecule is O=C1NC(=S)N(c2ccc(CCCOC(O)N3C(=O)C4(CCCCC4)N(c4ccccc4)C3=S)cc2)C12CCCCC2. The molecule has 42 heavy (non-hydrogen) atoms. The van der Waals surface area contributed by atoms with Gasteiger partial charge in [0.05, 0.1) is 6.61 Å². The van der Waals surface area contributed by atoms with Crippen LogP contribution >= 0.6 is 24.4 Å². The van der Waals surface area contributed by atoms with Gasteiger partial charge in [-0.25, -0.2) is 4.90 Å². The Labute approximate surface area is 258 Å². The summed E-state index contributed by atoms with van der Waals surface area (Å²) >= 11 is 11.3. The number of thiocarbonyl (C=S) groups is 2. The molecule has 4 fully saturated rings. The number of carbonyl (C=O) groups is 2. The summed E-state index contributed by atoms with van der Waals surface area (Å²) in [7, 11) is 0. The molecule has 10 heteroatoms. The van der Waals surface area contributed by atoms with Crippen LogP contribution in [0, 0.1) is 0 Å². The van der Waals surface area contributed by atoms with Crippen LogP contribution in [0.2, 0.25) is 0 Å². The van der Waals surface area contributed by atoms with Crippen molar-refractivity contribution >= 4 is 57.8 Å². The molecule has 2 amide bonds. The largest absolute Gasteiger partial charge is 0.351 e. The first-order chi connectivity index (χ1) is 20.4. The maximum Gasteiger partial charge on any atom is 0.259 e. The van der Waals surface area contributed by atoms with E-state index in [1.54, 1.807) is 0 Å². The number of hydrogen-bond donors (Lipinski definition) is 2. The van der Waals surface area contributed by atoms with Gasteiger partial charge in [0, 0.05) is 11.4 Å². The van der Waals surface area contributed by atoms with Crippen LogP contribution < -0.4 is 15.1 Å². The van der Waals surface area contributed by atoms with Crippen molar-refractivity contribution in [1.29, 1.82) is 0 Å². The molecule has 2 saturated carbocycles. The number of rotatable bonds is 8. The molecule has 0 radical (unpaired) electrons. The van der Waals surface area contributed by atoms with Crippen molar-refractivity contribution in [2.24, 2.45) is 0 Å². The van der Waals surface area contributed by atoms with Crippen LogP contribution in [0.25, 0.3) is 0 Å². The molecule has 0 bridgehead atoms. The molecule has 2 aromatic carbocycles. The van der Waals surface area contributed by atoms with E-state index < -0.39 is 17.5 Å². The topological polar surface area (TPSA) is 85.4 Å². The fourth-order valence-corrected chi connectivity index (χ4v) is 8.10. The van der Waals surface area contributed by atoms with Gasteiger partial charge in [-0.2, -0.15) is 0 Å². The number of anilines is 2. The van der Waals surface area contributed by atoms with Crippen LogP contribution in [-0.4, -0.2) is 56.1 Å². The second-order valence-electron chi connectivity index (χ2n) is 11.9. The van der Waals surface area contributed by atoms with E-state index in [0.717, 1.165) is 74.7 Å². The minimum Gasteiger partial charge on any atom is -0.351 e. The summed E-state index contributed by atoms with van der Waals surface area (Å²) in [4.78, 5) is 31.8. The molecule has 4 aliphatic rings. The van der Waals surface area contributed by atoms with Gasteiger partial charge in [0.2, 0.25) is 6.41 Å². The average molecular weight is 607 g/mol. The number of nitrogens with zero attached hydrogens (tertiary/aromatic N) is 3. The Bertz CT molecular complexity index is 1340. The monoisotopic (exact) mass is 606 g/mol. The lowest BCUT2D eigenvalue weighted by Gasteiger charge is -2.39. The number of hydrogen-bond acceptors (Lipinski definition) is 6. The zero-order valence-electron chi connectivity index (χ0n) is 23.8. The Hall–Kier alpha value is -2.92. The summed E-state index contributed by atoms with van der Waals surface area (Å²) in [5.41, 5.74) is 1.57. The van der Waals surface area contributed by atoms with Gasteiger partial charge in [0.15, 0.2) is 10.2 Å². The maximum absolute atomic E-state index is 13.8. The Balaban J connectivity index is 1.07. The first kappa shape index (κ1) is 29.2.